The van der Waals surface area contributed by atoms with Crippen molar-refractivity contribution in [1.82, 2.24) is 16.1 Å². The van der Waals surface area contributed by atoms with Gasteiger partial charge in [0.1, 0.15) is 11.6 Å². The summed E-state index contributed by atoms with van der Waals surface area (Å²) in [6, 6.07) is 0.324. The number of carbonyl (C=O) groups excluding carboxylic acids is 2. The molecule has 202 valence electrons. The number of rotatable bonds is 9. The number of amidine groups is 1. The van der Waals surface area contributed by atoms with Gasteiger partial charge in [-0.2, -0.15) is 0 Å². The predicted octanol–water partition coefficient (Wildman–Crippen LogP) is 3.21. The molecule has 2 amide bonds. The fraction of sp³-hybridized carbons (Fsp3) is 0.731. The second-order valence-electron chi connectivity index (χ2n) is 10.7. The summed E-state index contributed by atoms with van der Waals surface area (Å²) in [5.74, 6) is 1.04. The smallest absolute Gasteiger partial charge is 0.247 e. The van der Waals surface area contributed by atoms with Crippen molar-refractivity contribution < 1.29 is 24.3 Å². The minimum absolute atomic E-state index is 0.000586. The Morgan fingerprint density at radius 1 is 1.33 bits per heavy atom. The third-order valence-electron chi connectivity index (χ3n) is 7.75. The van der Waals surface area contributed by atoms with Gasteiger partial charge >= 0.3 is 0 Å². The summed E-state index contributed by atoms with van der Waals surface area (Å²) in [4.78, 5) is 29.7. The molecule has 0 saturated heterocycles. The zero-order valence-corrected chi connectivity index (χ0v) is 22.7. The molecule has 5 unspecified atom stereocenters. The van der Waals surface area contributed by atoms with Gasteiger partial charge in [0.25, 0.3) is 0 Å². The number of alkyl halides is 1. The molecule has 0 aromatic rings. The lowest BCUT2D eigenvalue weighted by Gasteiger charge is -2.38. The number of amides is 2. The van der Waals surface area contributed by atoms with E-state index in [9.17, 15) is 9.59 Å². The van der Waals surface area contributed by atoms with E-state index in [4.69, 9.17) is 31.3 Å². The Kier molecular flexibility index (Phi) is 9.83. The molecule has 9 nitrogen and oxygen atoms in total. The molecular weight excluding hydrogens is 484 g/mol. The fourth-order valence-corrected chi connectivity index (χ4v) is 5.89. The minimum Gasteiger partial charge on any atom is -0.497 e. The Hall–Kier alpha value is -2.10. The van der Waals surface area contributed by atoms with E-state index in [2.05, 4.69) is 17.6 Å². The summed E-state index contributed by atoms with van der Waals surface area (Å²) in [6.45, 7) is 5.75. The third-order valence-corrected chi connectivity index (χ3v) is 8.27. The van der Waals surface area contributed by atoms with Crippen molar-refractivity contribution >= 4 is 29.3 Å². The monoisotopic (exact) mass is 524 g/mol. The van der Waals surface area contributed by atoms with Gasteiger partial charge in [0, 0.05) is 42.5 Å². The van der Waals surface area contributed by atoms with Gasteiger partial charge in [-0.15, -0.1) is 11.6 Å². The molecule has 0 spiro atoms. The number of hydrogen-bond donors (Lipinski definition) is 4. The van der Waals surface area contributed by atoms with Gasteiger partial charge in [0.2, 0.25) is 11.8 Å². The van der Waals surface area contributed by atoms with Gasteiger partial charge in [-0.25, -0.2) is 5.48 Å². The number of hydrogen-bond acceptors (Lipinski definition) is 7. The Morgan fingerprint density at radius 2 is 2.08 bits per heavy atom. The highest BCUT2D eigenvalue weighted by molar-refractivity contribution is 6.22. The number of nitrogens with one attached hydrogen (secondary N) is 3. The van der Waals surface area contributed by atoms with Gasteiger partial charge in [-0.3, -0.25) is 19.8 Å². The van der Waals surface area contributed by atoms with Crippen molar-refractivity contribution in [3.8, 4) is 0 Å². The molecule has 0 radical (unpaired) electrons. The predicted molar refractivity (Wildman–Crippen MR) is 139 cm³/mol. The summed E-state index contributed by atoms with van der Waals surface area (Å²) in [7, 11) is 3.19. The van der Waals surface area contributed by atoms with E-state index in [-0.39, 0.29) is 59.2 Å². The van der Waals surface area contributed by atoms with Crippen LogP contribution in [0.15, 0.2) is 28.5 Å². The van der Waals surface area contributed by atoms with Crippen LogP contribution >= 0.6 is 11.6 Å². The molecule has 36 heavy (non-hydrogen) atoms. The van der Waals surface area contributed by atoms with Gasteiger partial charge in [-0.05, 0) is 69.9 Å². The number of carbonyl (C=O) groups is 2. The molecule has 2 aliphatic carbocycles. The molecule has 10 heteroatoms. The van der Waals surface area contributed by atoms with E-state index in [1.807, 2.05) is 13.0 Å². The zero-order valence-electron chi connectivity index (χ0n) is 22.0. The summed E-state index contributed by atoms with van der Waals surface area (Å²) < 4.78 is 10.6. The van der Waals surface area contributed by atoms with Crippen LogP contribution < -0.4 is 16.1 Å². The largest absolute Gasteiger partial charge is 0.497 e. The Bertz CT molecular complexity index is 907. The van der Waals surface area contributed by atoms with Crippen LogP contribution in [0.5, 0.6) is 0 Å². The first-order chi connectivity index (χ1) is 17.1. The van der Waals surface area contributed by atoms with E-state index < -0.39 is 0 Å². The Morgan fingerprint density at radius 3 is 2.75 bits per heavy atom. The van der Waals surface area contributed by atoms with E-state index >= 15 is 0 Å². The van der Waals surface area contributed by atoms with E-state index in [0.717, 1.165) is 44.4 Å². The summed E-state index contributed by atoms with van der Waals surface area (Å²) >= 11 is 6.76. The van der Waals surface area contributed by atoms with Crippen molar-refractivity contribution in [2.45, 2.75) is 95.3 Å². The van der Waals surface area contributed by atoms with Crippen LogP contribution in [-0.2, 0) is 19.1 Å². The van der Waals surface area contributed by atoms with Gasteiger partial charge < -0.3 is 20.1 Å². The van der Waals surface area contributed by atoms with Crippen LogP contribution in [-0.4, -0.2) is 66.7 Å². The van der Waals surface area contributed by atoms with Crippen LogP contribution in [0, 0.1) is 11.3 Å². The van der Waals surface area contributed by atoms with E-state index in [1.54, 1.807) is 32.7 Å². The molecule has 3 rings (SSSR count). The van der Waals surface area contributed by atoms with E-state index in [1.165, 1.54) is 0 Å². The van der Waals surface area contributed by atoms with Crippen molar-refractivity contribution in [3.05, 3.63) is 23.5 Å². The number of hydroxylamine groups is 1. The van der Waals surface area contributed by atoms with Crippen LogP contribution in [0.4, 0.5) is 0 Å². The van der Waals surface area contributed by atoms with Gasteiger partial charge in [-0.1, -0.05) is 6.92 Å². The third kappa shape index (κ3) is 7.23. The second-order valence-corrected chi connectivity index (χ2v) is 11.3. The van der Waals surface area contributed by atoms with Crippen LogP contribution in [0.1, 0.15) is 65.7 Å². The number of nitrogens with zero attached hydrogens (tertiary/aromatic N) is 1. The highest BCUT2D eigenvalue weighted by atomic mass is 35.5. The quantitative estimate of drug-likeness (QED) is 0.0917. The highest BCUT2D eigenvalue weighted by Gasteiger charge is 2.44. The lowest BCUT2D eigenvalue weighted by Crippen LogP contribution is -2.48. The maximum absolute atomic E-state index is 12.9. The van der Waals surface area contributed by atoms with Gasteiger partial charge in [0.05, 0.1) is 19.3 Å². The van der Waals surface area contributed by atoms with Gasteiger partial charge in [0.15, 0.2) is 0 Å². The molecule has 0 aromatic heterocycles. The topological polar surface area (TPSA) is 121 Å². The molecule has 3 aliphatic rings. The zero-order chi connectivity index (χ0) is 26.5. The molecule has 4 N–H and O–H groups in total. The van der Waals surface area contributed by atoms with Crippen LogP contribution in [0.3, 0.4) is 0 Å². The van der Waals surface area contributed by atoms with Crippen molar-refractivity contribution in [1.29, 1.82) is 0 Å². The van der Waals surface area contributed by atoms with Crippen molar-refractivity contribution in [2.24, 2.45) is 16.3 Å². The highest BCUT2D eigenvalue weighted by Crippen LogP contribution is 2.42. The molecule has 2 saturated carbocycles. The maximum atomic E-state index is 12.9. The van der Waals surface area contributed by atoms with Crippen molar-refractivity contribution in [3.63, 3.8) is 0 Å². The fourth-order valence-electron chi connectivity index (χ4n) is 5.55. The summed E-state index contributed by atoms with van der Waals surface area (Å²) in [6.07, 6.45) is 8.59. The molecule has 1 heterocycles. The lowest BCUT2D eigenvalue weighted by molar-refractivity contribution is -0.132. The average molecular weight is 525 g/mol. The molecule has 1 aliphatic heterocycles. The standard InChI is InChI=1S/C26H41ClN4O5/c1-15(10-18(36-5)11-16(2)35-4)25(33)28-17-6-7-20(27)19(12-17)24-29-21-8-9-26(3,13-22(21)30-24)14-23(32)31-34/h10-11,16-17,19-22,34H,6-9,12-14H2,1-5H3,(H,28,33)(H,29,30)(H,31,32)/b15-10+,18-11+/t16?,17-,19?,20+,21?,22?,26?/m1/s1. The molecule has 2 fully saturated rings. The van der Waals surface area contributed by atoms with E-state index in [0.29, 0.717) is 11.3 Å². The number of allylic oxidation sites excluding steroid dienone is 1. The number of fused-ring (bicyclic) bond motifs is 1. The first kappa shape index (κ1) is 28.5. The summed E-state index contributed by atoms with van der Waals surface area (Å²) in [5.41, 5.74) is 2.12. The average Bonchev–Trinajstić information content (AvgIpc) is 3.26. The Balaban J connectivity index is 1.63. The van der Waals surface area contributed by atoms with Crippen molar-refractivity contribution in [2.75, 3.05) is 14.2 Å². The number of ether oxygens (including phenoxy) is 2. The Labute approximate surface area is 219 Å². The summed E-state index contributed by atoms with van der Waals surface area (Å²) in [5, 5.41) is 15.6. The second kappa shape index (κ2) is 12.4. The lowest BCUT2D eigenvalue weighted by atomic mass is 9.70. The minimum atomic E-state index is -0.358. The number of aliphatic imine (C=N–C) groups is 1. The SMILES string of the molecule is COC(=C/C(C)OC)/C=C(\C)C(=O)N[C@@H]1CC[C@H](Cl)C(C2=NC3CC(C)(CC(=O)NO)CCC3N2)C1. The normalized spacial score (nSPS) is 33.6. The molecule has 7 atom stereocenters. The molecule has 0 aromatic carbocycles. The first-order valence-corrected chi connectivity index (χ1v) is 13.2. The molecular formula is C26H41ClN4O5. The maximum Gasteiger partial charge on any atom is 0.247 e. The van der Waals surface area contributed by atoms with Crippen LogP contribution in [0.25, 0.3) is 0 Å². The first-order valence-electron chi connectivity index (χ1n) is 12.8. The van der Waals surface area contributed by atoms with Crippen LogP contribution in [0.2, 0.25) is 0 Å². The number of methoxy groups -OCH3 is 2. The number of halogens is 1. The molecule has 0 bridgehead atoms.